The van der Waals surface area contributed by atoms with Crippen LogP contribution in [0.25, 0.3) is 0 Å². The first-order valence-corrected chi connectivity index (χ1v) is 6.28. The molecule has 0 aromatic rings. The molecule has 0 aliphatic rings. The van der Waals surface area contributed by atoms with Crippen LogP contribution in [0.2, 0.25) is 0 Å². The summed E-state index contributed by atoms with van der Waals surface area (Å²) in [5.74, 6) is 2.19. The van der Waals surface area contributed by atoms with Crippen molar-refractivity contribution in [2.45, 2.75) is 39.8 Å². The summed E-state index contributed by atoms with van der Waals surface area (Å²) in [6.45, 7) is 8.03. The zero-order valence-corrected chi connectivity index (χ0v) is 10.4. The molecule has 2 unspecified atom stereocenters. The Balaban J connectivity index is 3.81. The number of amides is 1. The number of hydrogen-bond donors (Lipinski definition) is 2. The summed E-state index contributed by atoms with van der Waals surface area (Å²) in [7, 11) is 0. The second-order valence-electron chi connectivity index (χ2n) is 3.84. The zero-order chi connectivity index (χ0) is 11.1. The van der Waals surface area contributed by atoms with Gasteiger partial charge in [-0.1, -0.05) is 20.8 Å². The first kappa shape index (κ1) is 13.8. The van der Waals surface area contributed by atoms with Crippen LogP contribution < -0.4 is 11.1 Å². The fourth-order valence-corrected chi connectivity index (χ4v) is 1.65. The molecule has 4 heteroatoms. The summed E-state index contributed by atoms with van der Waals surface area (Å²) in [5, 5.41) is 2.91. The molecule has 84 valence electrons. The lowest BCUT2D eigenvalue weighted by molar-refractivity contribution is -0.123. The van der Waals surface area contributed by atoms with E-state index in [1.807, 2.05) is 32.5 Å². The second kappa shape index (κ2) is 7.12. The average molecular weight is 218 g/mol. The molecule has 0 saturated heterocycles. The molecule has 14 heavy (non-hydrogen) atoms. The first-order valence-electron chi connectivity index (χ1n) is 5.12. The van der Waals surface area contributed by atoms with Gasteiger partial charge in [-0.3, -0.25) is 4.79 Å². The van der Waals surface area contributed by atoms with Crippen molar-refractivity contribution in [3.05, 3.63) is 0 Å². The van der Waals surface area contributed by atoms with Crippen LogP contribution in [-0.4, -0.2) is 29.5 Å². The second-order valence-corrected chi connectivity index (χ2v) is 5.16. The van der Waals surface area contributed by atoms with Gasteiger partial charge < -0.3 is 11.1 Å². The van der Waals surface area contributed by atoms with E-state index >= 15 is 0 Å². The van der Waals surface area contributed by atoms with Crippen LogP contribution in [0.15, 0.2) is 0 Å². The Morgan fingerprint density at radius 1 is 1.43 bits per heavy atom. The minimum Gasteiger partial charge on any atom is -0.351 e. The largest absolute Gasteiger partial charge is 0.351 e. The topological polar surface area (TPSA) is 55.1 Å². The summed E-state index contributed by atoms with van der Waals surface area (Å²) in [6.07, 6.45) is 0. The van der Waals surface area contributed by atoms with Gasteiger partial charge in [0.05, 0.1) is 6.04 Å². The Labute approximate surface area is 91.2 Å². The van der Waals surface area contributed by atoms with E-state index < -0.39 is 0 Å². The first-order chi connectivity index (χ1) is 6.49. The Kier molecular flexibility index (Phi) is 7.01. The lowest BCUT2D eigenvalue weighted by Crippen LogP contribution is -2.47. The standard InChI is InChI=1S/C10H22N2OS/c1-5-14-6-8(4)12-10(13)9(11)7(2)3/h7-9H,5-6,11H2,1-4H3,(H,12,13). The number of carbonyl (C=O) groups is 1. The van der Waals surface area contributed by atoms with Crippen LogP contribution >= 0.6 is 11.8 Å². The Morgan fingerprint density at radius 3 is 2.43 bits per heavy atom. The van der Waals surface area contributed by atoms with Crippen molar-refractivity contribution in [3.8, 4) is 0 Å². The van der Waals surface area contributed by atoms with E-state index in [1.165, 1.54) is 0 Å². The van der Waals surface area contributed by atoms with Crippen molar-refractivity contribution in [2.75, 3.05) is 11.5 Å². The van der Waals surface area contributed by atoms with Crippen LogP contribution in [0.3, 0.4) is 0 Å². The lowest BCUT2D eigenvalue weighted by Gasteiger charge is -2.19. The lowest BCUT2D eigenvalue weighted by atomic mass is 10.0. The van der Waals surface area contributed by atoms with Crippen molar-refractivity contribution >= 4 is 17.7 Å². The van der Waals surface area contributed by atoms with Crippen LogP contribution in [0.5, 0.6) is 0 Å². The van der Waals surface area contributed by atoms with Crippen molar-refractivity contribution in [3.63, 3.8) is 0 Å². The van der Waals surface area contributed by atoms with Gasteiger partial charge in [-0.25, -0.2) is 0 Å². The summed E-state index contributed by atoms with van der Waals surface area (Å²) >= 11 is 1.82. The molecule has 3 N–H and O–H groups in total. The maximum atomic E-state index is 11.5. The molecule has 0 aromatic heterocycles. The van der Waals surface area contributed by atoms with Gasteiger partial charge in [0, 0.05) is 11.8 Å². The van der Waals surface area contributed by atoms with Crippen molar-refractivity contribution in [1.29, 1.82) is 0 Å². The predicted molar refractivity (Wildman–Crippen MR) is 63.4 cm³/mol. The predicted octanol–water partition coefficient (Wildman–Crippen LogP) is 1.23. The van der Waals surface area contributed by atoms with Gasteiger partial charge in [0.2, 0.25) is 5.91 Å². The number of nitrogens with one attached hydrogen (secondary N) is 1. The van der Waals surface area contributed by atoms with Gasteiger partial charge in [-0.05, 0) is 18.6 Å². The number of nitrogens with two attached hydrogens (primary N) is 1. The molecule has 0 aromatic carbocycles. The maximum absolute atomic E-state index is 11.5. The van der Waals surface area contributed by atoms with Gasteiger partial charge in [-0.2, -0.15) is 11.8 Å². The molecule has 1 amide bonds. The molecule has 0 fully saturated rings. The molecular formula is C10H22N2OS. The van der Waals surface area contributed by atoms with E-state index in [1.54, 1.807) is 0 Å². The van der Waals surface area contributed by atoms with Gasteiger partial charge >= 0.3 is 0 Å². The van der Waals surface area contributed by atoms with E-state index in [0.29, 0.717) is 0 Å². The fraction of sp³-hybridized carbons (Fsp3) is 0.900. The van der Waals surface area contributed by atoms with Gasteiger partial charge in [-0.15, -0.1) is 0 Å². The summed E-state index contributed by atoms with van der Waals surface area (Å²) in [4.78, 5) is 11.5. The summed E-state index contributed by atoms with van der Waals surface area (Å²) < 4.78 is 0. The third-order valence-electron chi connectivity index (χ3n) is 1.98. The number of thioether (sulfide) groups is 1. The third kappa shape index (κ3) is 5.50. The minimum atomic E-state index is -0.385. The van der Waals surface area contributed by atoms with Gasteiger partial charge in [0.15, 0.2) is 0 Å². The monoisotopic (exact) mass is 218 g/mol. The minimum absolute atomic E-state index is 0.0378. The molecule has 0 aliphatic carbocycles. The van der Waals surface area contributed by atoms with Crippen LogP contribution in [-0.2, 0) is 4.79 Å². The molecular weight excluding hydrogens is 196 g/mol. The molecule has 3 nitrogen and oxygen atoms in total. The Hall–Kier alpha value is -0.220. The van der Waals surface area contributed by atoms with E-state index in [0.717, 1.165) is 11.5 Å². The van der Waals surface area contributed by atoms with E-state index in [-0.39, 0.29) is 23.9 Å². The Morgan fingerprint density at radius 2 is 2.00 bits per heavy atom. The molecule has 2 atom stereocenters. The van der Waals surface area contributed by atoms with Crippen LogP contribution in [0, 0.1) is 5.92 Å². The molecule has 0 heterocycles. The Bertz CT molecular complexity index is 174. The number of hydrogen-bond acceptors (Lipinski definition) is 3. The molecule has 0 aliphatic heterocycles. The van der Waals surface area contributed by atoms with Crippen LogP contribution in [0.4, 0.5) is 0 Å². The summed E-state index contributed by atoms with van der Waals surface area (Å²) in [6, 6.07) is -0.179. The van der Waals surface area contributed by atoms with Crippen molar-refractivity contribution < 1.29 is 4.79 Å². The highest BCUT2D eigenvalue weighted by molar-refractivity contribution is 7.99. The molecule has 0 spiro atoms. The number of rotatable bonds is 6. The van der Waals surface area contributed by atoms with E-state index in [2.05, 4.69) is 12.2 Å². The SMILES string of the molecule is CCSCC(C)NC(=O)C(N)C(C)C. The quantitative estimate of drug-likeness (QED) is 0.705. The highest BCUT2D eigenvalue weighted by Gasteiger charge is 2.18. The fourth-order valence-electron chi connectivity index (χ4n) is 0.978. The third-order valence-corrected chi connectivity index (χ3v) is 3.13. The number of carbonyl (C=O) groups excluding carboxylic acids is 1. The van der Waals surface area contributed by atoms with Crippen molar-refractivity contribution in [2.24, 2.45) is 11.7 Å². The van der Waals surface area contributed by atoms with Crippen LogP contribution in [0.1, 0.15) is 27.7 Å². The normalized spacial score (nSPS) is 15.3. The van der Waals surface area contributed by atoms with Gasteiger partial charge in [0.25, 0.3) is 0 Å². The van der Waals surface area contributed by atoms with Gasteiger partial charge in [0.1, 0.15) is 0 Å². The highest BCUT2D eigenvalue weighted by atomic mass is 32.2. The van der Waals surface area contributed by atoms with Crippen molar-refractivity contribution in [1.82, 2.24) is 5.32 Å². The highest BCUT2D eigenvalue weighted by Crippen LogP contribution is 2.03. The summed E-state index contributed by atoms with van der Waals surface area (Å²) in [5.41, 5.74) is 5.72. The van der Waals surface area contributed by atoms with E-state index in [9.17, 15) is 4.79 Å². The molecule has 0 saturated carbocycles. The maximum Gasteiger partial charge on any atom is 0.237 e. The molecule has 0 bridgehead atoms. The average Bonchev–Trinajstić information content (AvgIpc) is 2.13. The van der Waals surface area contributed by atoms with E-state index in [4.69, 9.17) is 5.73 Å². The smallest absolute Gasteiger partial charge is 0.237 e. The molecule has 0 rings (SSSR count). The zero-order valence-electron chi connectivity index (χ0n) is 9.54. The molecule has 0 radical (unpaired) electrons.